The summed E-state index contributed by atoms with van der Waals surface area (Å²) in [4.78, 5) is 17.0. The molecule has 0 amide bonds. The maximum absolute atomic E-state index is 8.50. The third-order valence-corrected chi connectivity index (χ3v) is 1.87. The SMILES string of the molecule is [B]C[C@@](C)(COC)COP(O)O. The molecule has 70 valence electrons. The van der Waals surface area contributed by atoms with E-state index in [1.54, 1.807) is 7.11 Å². The molecule has 0 saturated carbocycles. The lowest BCUT2D eigenvalue weighted by molar-refractivity contribution is 0.0602. The van der Waals surface area contributed by atoms with Crippen molar-refractivity contribution in [3.8, 4) is 0 Å². The summed E-state index contributed by atoms with van der Waals surface area (Å²) in [6, 6.07) is 0. The smallest absolute Gasteiger partial charge is 0.327 e. The van der Waals surface area contributed by atoms with Crippen molar-refractivity contribution in [1.82, 2.24) is 0 Å². The molecule has 0 aromatic carbocycles. The van der Waals surface area contributed by atoms with Crippen molar-refractivity contribution in [1.29, 1.82) is 0 Å². The number of hydrogen-bond donors (Lipinski definition) is 2. The van der Waals surface area contributed by atoms with Gasteiger partial charge in [0.1, 0.15) is 0 Å². The van der Waals surface area contributed by atoms with Crippen LogP contribution in [0.15, 0.2) is 0 Å². The monoisotopic (exact) mass is 192 g/mol. The van der Waals surface area contributed by atoms with Crippen LogP contribution < -0.4 is 0 Å². The van der Waals surface area contributed by atoms with Gasteiger partial charge in [-0.25, -0.2) is 0 Å². The van der Waals surface area contributed by atoms with Crippen LogP contribution in [0, 0.1) is 5.41 Å². The van der Waals surface area contributed by atoms with E-state index >= 15 is 0 Å². The van der Waals surface area contributed by atoms with Gasteiger partial charge in [0, 0.05) is 12.5 Å². The summed E-state index contributed by atoms with van der Waals surface area (Å²) in [5, 5.41) is 0. The Morgan fingerprint density at radius 3 is 2.33 bits per heavy atom. The molecule has 1 atom stereocenters. The molecule has 6 heteroatoms. The second-order valence-electron chi connectivity index (χ2n) is 2.97. The first-order valence-corrected chi connectivity index (χ1v) is 4.70. The zero-order valence-electron chi connectivity index (χ0n) is 7.36. The van der Waals surface area contributed by atoms with Gasteiger partial charge in [0.15, 0.2) is 0 Å². The fourth-order valence-electron chi connectivity index (χ4n) is 0.722. The van der Waals surface area contributed by atoms with E-state index in [1.807, 2.05) is 6.92 Å². The largest absolute Gasteiger partial charge is 0.384 e. The summed E-state index contributed by atoms with van der Waals surface area (Å²) >= 11 is 0. The first kappa shape index (κ1) is 12.3. The third-order valence-electron chi connectivity index (χ3n) is 1.51. The van der Waals surface area contributed by atoms with Crippen LogP contribution in [-0.4, -0.2) is 38.0 Å². The molecule has 12 heavy (non-hydrogen) atoms. The zero-order valence-corrected chi connectivity index (χ0v) is 8.25. The normalized spacial score (nSPS) is 16.4. The lowest BCUT2D eigenvalue weighted by Crippen LogP contribution is -2.27. The average molecular weight is 192 g/mol. The lowest BCUT2D eigenvalue weighted by atomic mass is 9.79. The van der Waals surface area contributed by atoms with Crippen molar-refractivity contribution >= 4 is 16.4 Å². The van der Waals surface area contributed by atoms with Crippen LogP contribution in [0.3, 0.4) is 0 Å². The standard InChI is InChI=1S/C6H14BO4P/c1-6(3-7,4-10-2)5-11-12(8)9/h8-9H,3-5H2,1-2H3/t6-/m0/s1. The van der Waals surface area contributed by atoms with Crippen LogP contribution in [-0.2, 0) is 9.26 Å². The van der Waals surface area contributed by atoms with Crippen LogP contribution in [0.4, 0.5) is 0 Å². The van der Waals surface area contributed by atoms with E-state index in [0.29, 0.717) is 12.9 Å². The van der Waals surface area contributed by atoms with E-state index in [1.165, 1.54) is 0 Å². The molecule has 0 aliphatic rings. The summed E-state index contributed by atoms with van der Waals surface area (Å²) < 4.78 is 9.58. The predicted octanol–water partition coefficient (Wildman–Crippen LogP) is 0.454. The minimum atomic E-state index is -2.29. The Morgan fingerprint density at radius 1 is 1.42 bits per heavy atom. The number of methoxy groups -OCH3 is 1. The molecular formula is C6H14BO4P. The van der Waals surface area contributed by atoms with Gasteiger partial charge in [-0.15, -0.1) is 0 Å². The maximum atomic E-state index is 8.50. The summed E-state index contributed by atoms with van der Waals surface area (Å²) in [5.41, 5.74) is -0.346. The van der Waals surface area contributed by atoms with Crippen molar-refractivity contribution in [2.24, 2.45) is 5.41 Å². The molecule has 0 heterocycles. The molecule has 0 aliphatic carbocycles. The Bertz CT molecular complexity index is 124. The van der Waals surface area contributed by atoms with Gasteiger partial charge in [0.05, 0.1) is 21.1 Å². The van der Waals surface area contributed by atoms with Crippen molar-refractivity contribution in [3.63, 3.8) is 0 Å². The summed E-state index contributed by atoms with van der Waals surface area (Å²) in [7, 11) is 4.73. The molecular weight excluding hydrogens is 178 g/mol. The van der Waals surface area contributed by atoms with E-state index < -0.39 is 8.60 Å². The first-order chi connectivity index (χ1) is 5.54. The highest BCUT2D eigenvalue weighted by atomic mass is 31.2. The van der Waals surface area contributed by atoms with Crippen LogP contribution in [0.5, 0.6) is 0 Å². The van der Waals surface area contributed by atoms with Gasteiger partial charge >= 0.3 is 8.60 Å². The van der Waals surface area contributed by atoms with Crippen LogP contribution >= 0.6 is 8.60 Å². The highest BCUT2D eigenvalue weighted by Gasteiger charge is 2.23. The van der Waals surface area contributed by atoms with Crippen LogP contribution in [0.2, 0.25) is 6.32 Å². The Morgan fingerprint density at radius 2 is 2.00 bits per heavy atom. The topological polar surface area (TPSA) is 58.9 Å². The Labute approximate surface area is 75.3 Å². The minimum Gasteiger partial charge on any atom is -0.384 e. The molecule has 0 unspecified atom stereocenters. The second-order valence-corrected chi connectivity index (χ2v) is 3.74. The molecule has 0 aromatic rings. The van der Waals surface area contributed by atoms with E-state index in [-0.39, 0.29) is 12.0 Å². The van der Waals surface area contributed by atoms with E-state index in [4.69, 9.17) is 22.4 Å². The van der Waals surface area contributed by atoms with Gasteiger partial charge in [-0.1, -0.05) is 13.2 Å². The molecule has 2 N–H and O–H groups in total. The van der Waals surface area contributed by atoms with Crippen molar-refractivity contribution in [2.75, 3.05) is 20.3 Å². The molecule has 0 spiro atoms. The van der Waals surface area contributed by atoms with E-state index in [0.717, 1.165) is 0 Å². The van der Waals surface area contributed by atoms with E-state index in [2.05, 4.69) is 4.52 Å². The van der Waals surface area contributed by atoms with E-state index in [9.17, 15) is 0 Å². The average Bonchev–Trinajstić information content (AvgIpc) is 2.02. The highest BCUT2D eigenvalue weighted by Crippen LogP contribution is 2.30. The number of rotatable bonds is 6. The number of hydrogen-bond acceptors (Lipinski definition) is 4. The number of ether oxygens (including phenoxy) is 1. The molecule has 0 saturated heterocycles. The first-order valence-electron chi connectivity index (χ1n) is 3.54. The molecule has 0 aliphatic heterocycles. The predicted molar refractivity (Wildman–Crippen MR) is 47.9 cm³/mol. The lowest BCUT2D eigenvalue weighted by Gasteiger charge is -2.26. The molecule has 4 nitrogen and oxygen atoms in total. The maximum Gasteiger partial charge on any atom is 0.327 e. The fraction of sp³-hybridized carbons (Fsp3) is 1.00. The van der Waals surface area contributed by atoms with Crippen LogP contribution in [0.25, 0.3) is 0 Å². The van der Waals surface area contributed by atoms with Gasteiger partial charge in [-0.2, -0.15) is 0 Å². The Kier molecular flexibility index (Phi) is 6.06. The Hall–Kier alpha value is 0.335. The second kappa shape index (κ2) is 5.89. The van der Waals surface area contributed by atoms with Crippen molar-refractivity contribution < 1.29 is 19.0 Å². The van der Waals surface area contributed by atoms with Gasteiger partial charge < -0.3 is 19.0 Å². The van der Waals surface area contributed by atoms with Gasteiger partial charge in [0.25, 0.3) is 0 Å². The van der Waals surface area contributed by atoms with Gasteiger partial charge in [-0.3, -0.25) is 0 Å². The van der Waals surface area contributed by atoms with Crippen LogP contribution in [0.1, 0.15) is 6.92 Å². The molecule has 0 bridgehead atoms. The summed E-state index contributed by atoms with van der Waals surface area (Å²) in [6.45, 7) is 2.48. The quantitative estimate of drug-likeness (QED) is 0.473. The molecule has 2 radical (unpaired) electrons. The zero-order chi connectivity index (χ0) is 9.61. The highest BCUT2D eigenvalue weighted by molar-refractivity contribution is 7.39. The summed E-state index contributed by atoms with van der Waals surface area (Å²) in [6.07, 6.45) is 0.379. The molecule has 0 fully saturated rings. The van der Waals surface area contributed by atoms with Crippen molar-refractivity contribution in [2.45, 2.75) is 13.2 Å². The summed E-state index contributed by atoms with van der Waals surface area (Å²) in [5.74, 6) is 0. The fourth-order valence-corrected chi connectivity index (χ4v) is 1.15. The minimum absolute atomic E-state index is 0.191. The Balaban J connectivity index is 3.78. The van der Waals surface area contributed by atoms with Gasteiger partial charge in [-0.05, 0) is 0 Å². The molecule has 0 aromatic heterocycles. The van der Waals surface area contributed by atoms with Crippen molar-refractivity contribution in [3.05, 3.63) is 0 Å². The third kappa shape index (κ3) is 5.06. The molecule has 0 rings (SSSR count). The van der Waals surface area contributed by atoms with Gasteiger partial charge in [0.2, 0.25) is 0 Å².